The molecule has 0 aromatic heterocycles. The summed E-state index contributed by atoms with van der Waals surface area (Å²) in [6.45, 7) is 20.0. The van der Waals surface area contributed by atoms with Crippen molar-refractivity contribution < 1.29 is 89.1 Å². The van der Waals surface area contributed by atoms with Crippen LogP contribution in [0.1, 0.15) is 640 Å². The maximum Gasteiger partial charge on any atom is 0.303 e. The molecule has 0 saturated carbocycles. The van der Waals surface area contributed by atoms with Crippen LogP contribution in [0.5, 0.6) is 0 Å². The molecule has 756 valence electrons. The summed E-state index contributed by atoms with van der Waals surface area (Å²) in [7, 11) is 0. The van der Waals surface area contributed by atoms with Crippen molar-refractivity contribution in [2.24, 2.45) is 0 Å². The molecule has 0 spiro atoms. The van der Waals surface area contributed by atoms with Gasteiger partial charge in [-0.3, -0.25) is 43.2 Å². The zero-order chi connectivity index (χ0) is 95.8. The summed E-state index contributed by atoms with van der Waals surface area (Å²) in [5.41, 5.74) is 0. The minimum absolute atomic E-state index is 0.337. The number of rotatable bonds is 90. The van der Waals surface area contributed by atoms with Gasteiger partial charge in [-0.15, -0.1) is 0 Å². The largest absolute Gasteiger partial charge is 0.481 e. The topological polar surface area (TPSA) is 336 Å². The minimum Gasteiger partial charge on any atom is -0.481 e. The summed E-state index contributed by atoms with van der Waals surface area (Å²) in [5, 5.41) is 75.6. The highest BCUT2D eigenvalue weighted by Crippen LogP contribution is 2.19. The van der Waals surface area contributed by atoms with Gasteiger partial charge in [-0.2, -0.15) is 0 Å². The summed E-state index contributed by atoms with van der Waals surface area (Å²) in [4.78, 5) is 91.7. The molecular weight excluding hydrogens is 1590 g/mol. The Bertz CT molecular complexity index is 2100. The Labute approximate surface area is 778 Å². The number of hydrogen-bond acceptors (Lipinski definition) is 9. The molecule has 0 radical (unpaired) electrons. The Morgan fingerprint density at radius 3 is 0.190 bits per heavy atom. The molecule has 0 atom stereocenters. The summed E-state index contributed by atoms with van der Waals surface area (Å²) >= 11 is 0. The van der Waals surface area contributed by atoms with Gasteiger partial charge in [0.15, 0.2) is 0 Å². The number of aliphatic carboxylic acids is 9. The van der Waals surface area contributed by atoms with Crippen LogP contribution in [-0.4, -0.2) is 99.7 Å². The molecule has 0 heterocycles. The fourth-order valence-corrected chi connectivity index (χ4v) is 14.3. The lowest BCUT2D eigenvalue weighted by molar-refractivity contribution is -0.138. The van der Waals surface area contributed by atoms with E-state index in [-0.39, 0.29) is 0 Å². The van der Waals surface area contributed by atoms with Crippen molar-refractivity contribution in [2.45, 2.75) is 640 Å². The molecule has 18 nitrogen and oxygen atoms in total. The summed E-state index contributed by atoms with van der Waals surface area (Å²) < 4.78 is 0. The van der Waals surface area contributed by atoms with E-state index in [0.29, 0.717) is 57.8 Å². The van der Waals surface area contributed by atoms with Gasteiger partial charge in [-0.05, 0) is 57.8 Å². The molecule has 0 aromatic carbocycles. The molecule has 0 unspecified atom stereocenters. The van der Waals surface area contributed by atoms with Gasteiger partial charge in [-0.25, -0.2) is 0 Å². The predicted octanol–water partition coefficient (Wildman–Crippen LogP) is 35.9. The average Bonchev–Trinajstić information content (AvgIpc) is 1.13. The molecule has 18 heteroatoms. The van der Waals surface area contributed by atoms with Crippen molar-refractivity contribution in [1.82, 2.24) is 0 Å². The molecule has 0 aliphatic heterocycles. The van der Waals surface area contributed by atoms with Gasteiger partial charge in [0.25, 0.3) is 0 Å². The van der Waals surface area contributed by atoms with E-state index in [1.807, 2.05) is 0 Å². The van der Waals surface area contributed by atoms with Crippen molar-refractivity contribution >= 4 is 53.7 Å². The molecule has 0 fully saturated rings. The Balaban J connectivity index is -0.000000175. The highest BCUT2D eigenvalue weighted by atomic mass is 16.4. The Morgan fingerprint density at radius 2 is 0.143 bits per heavy atom. The second-order valence-electron chi connectivity index (χ2n) is 35.7. The van der Waals surface area contributed by atoms with Crippen LogP contribution in [-0.2, 0) is 43.2 Å². The van der Waals surface area contributed by atoms with Crippen LogP contribution < -0.4 is 0 Å². The number of unbranched alkanes of at least 4 members (excludes halogenated alkanes) is 72. The zero-order valence-electron chi connectivity index (χ0n) is 84.8. The molecule has 126 heavy (non-hydrogen) atoms. The highest BCUT2D eigenvalue weighted by molar-refractivity contribution is 5.69. The maximum absolute atomic E-state index is 10.3. The van der Waals surface area contributed by atoms with Crippen molar-refractivity contribution in [3.05, 3.63) is 0 Å². The van der Waals surface area contributed by atoms with Crippen molar-refractivity contribution in [2.75, 3.05) is 0 Å². The van der Waals surface area contributed by atoms with Crippen LogP contribution >= 0.6 is 0 Å². The average molecular weight is 1800 g/mol. The quantitative estimate of drug-likeness (QED) is 0.0255. The van der Waals surface area contributed by atoms with E-state index in [9.17, 15) is 43.2 Å². The standard InChI is InChI=1S/C16H32O2.C15H30O2.C14H28O2.C13H26O2.C12H24O2.C11H22O2.C10H20O2.C9H18O2.C8H16O2/c1-2-3-4-5-6-7-8-9-10-11-12-13-14-15-16(17)18;1-2-3-4-5-6-7-8-9-10-11-12-13-14-15(16)17;1-2-3-4-5-6-7-8-9-10-11-12-13-14(15)16;1-2-3-4-5-6-7-8-9-10-11-12-13(14)15;1-2-3-4-5-6-7-8-9-10-11-12(13)14;1-2-3-4-5-6-7-8-9-10-11(12)13;1-2-3-4-5-6-7-8-9-10(11)12;1-2-3-4-5-6-7-8-9(10)11;1-2-3-4-5-6-7-8(9)10/h2-15H2,1H3,(H,17,18);2-14H2,1H3,(H,16,17);2-13H2,1H3,(H,15,16);2-12H2,1H3,(H,14,15);2-11H2,1H3,(H,13,14);2-10H2,1H3,(H,12,13);2-9H2,1H3,(H,11,12);2-8H2,1H3,(H,10,11);2-7H2,1H3,(H,9,10). The molecule has 0 aliphatic rings. The molecular formula is C108H216O18. The van der Waals surface area contributed by atoms with Gasteiger partial charge < -0.3 is 46.0 Å². The number of carboxylic acids is 9. The van der Waals surface area contributed by atoms with E-state index in [1.54, 1.807) is 0 Å². The van der Waals surface area contributed by atoms with Crippen LogP contribution in [0.15, 0.2) is 0 Å². The van der Waals surface area contributed by atoms with Crippen LogP contribution in [0.25, 0.3) is 0 Å². The first-order chi connectivity index (χ1) is 60.9. The predicted molar refractivity (Wildman–Crippen MR) is 535 cm³/mol. The third-order valence-electron chi connectivity index (χ3n) is 22.4. The van der Waals surface area contributed by atoms with Crippen LogP contribution in [0.2, 0.25) is 0 Å². The van der Waals surface area contributed by atoms with Crippen molar-refractivity contribution in [3.8, 4) is 0 Å². The number of carboxylic acid groups (broad SMARTS) is 9. The second-order valence-corrected chi connectivity index (χ2v) is 35.7. The van der Waals surface area contributed by atoms with Gasteiger partial charge in [0.2, 0.25) is 0 Å². The number of hydrogen-bond donors (Lipinski definition) is 9. The molecule has 0 bridgehead atoms. The van der Waals surface area contributed by atoms with Gasteiger partial charge in [0, 0.05) is 57.8 Å². The molecule has 0 rings (SSSR count). The Kier molecular flexibility index (Phi) is 150. The Hall–Kier alpha value is -4.77. The van der Waals surface area contributed by atoms with E-state index in [4.69, 9.17) is 46.0 Å². The van der Waals surface area contributed by atoms with Crippen LogP contribution in [0.4, 0.5) is 0 Å². The summed E-state index contributed by atoms with van der Waals surface area (Å²) in [6.07, 6.45) is 104. The van der Waals surface area contributed by atoms with Crippen molar-refractivity contribution in [3.63, 3.8) is 0 Å². The van der Waals surface area contributed by atoms with Gasteiger partial charge >= 0.3 is 53.7 Å². The fourth-order valence-electron chi connectivity index (χ4n) is 14.3. The van der Waals surface area contributed by atoms with Gasteiger partial charge in [-0.1, -0.05) is 525 Å². The minimum atomic E-state index is -0.670. The first-order valence-corrected chi connectivity index (χ1v) is 53.9. The third-order valence-corrected chi connectivity index (χ3v) is 22.4. The highest BCUT2D eigenvalue weighted by Gasteiger charge is 2.05. The summed E-state index contributed by atoms with van der Waals surface area (Å²) in [6, 6.07) is 0. The monoisotopic (exact) mass is 1800 g/mol. The van der Waals surface area contributed by atoms with Crippen molar-refractivity contribution in [1.29, 1.82) is 0 Å². The Morgan fingerprint density at radius 1 is 0.0952 bits per heavy atom. The summed E-state index contributed by atoms with van der Waals surface area (Å²) in [5.74, 6) is -5.94. The van der Waals surface area contributed by atoms with Crippen LogP contribution in [0.3, 0.4) is 0 Å². The lowest BCUT2D eigenvalue weighted by atomic mass is 10.0. The van der Waals surface area contributed by atoms with Gasteiger partial charge in [0.1, 0.15) is 0 Å². The lowest BCUT2D eigenvalue weighted by Crippen LogP contribution is -1.93. The smallest absolute Gasteiger partial charge is 0.303 e. The van der Waals surface area contributed by atoms with E-state index in [1.165, 1.54) is 405 Å². The molecule has 0 aromatic rings. The molecule has 9 N–H and O–H groups in total. The third kappa shape index (κ3) is 188. The van der Waals surface area contributed by atoms with E-state index in [2.05, 4.69) is 62.3 Å². The first kappa shape index (κ1) is 139. The second kappa shape index (κ2) is 136. The normalized spacial score (nSPS) is 10.4. The number of carbonyl (C=O) groups is 9. The van der Waals surface area contributed by atoms with E-state index < -0.39 is 53.7 Å². The molecule has 0 aliphatic carbocycles. The maximum atomic E-state index is 10.3. The lowest BCUT2D eigenvalue weighted by Gasteiger charge is -2.02. The molecule has 0 amide bonds. The fraction of sp³-hybridized carbons (Fsp3) is 0.917. The SMILES string of the molecule is CCCCCCCC(=O)O.CCCCCCCCC(=O)O.CCCCCCCCCC(=O)O.CCCCCCCCCCC(=O)O.CCCCCCCCCCCC(=O)O.CCCCCCCCCCCCC(=O)O.CCCCCCCCCCCCCC(=O)O.CCCCCCCCCCCCCCC(=O)O.CCCCCCCCCCCCCCCC(=O)O. The molecule has 0 saturated heterocycles. The van der Waals surface area contributed by atoms with E-state index >= 15 is 0 Å². The van der Waals surface area contributed by atoms with Crippen LogP contribution in [0, 0.1) is 0 Å². The zero-order valence-corrected chi connectivity index (χ0v) is 84.8. The first-order valence-electron chi connectivity index (χ1n) is 53.9. The van der Waals surface area contributed by atoms with E-state index in [0.717, 1.165) is 116 Å². The van der Waals surface area contributed by atoms with Gasteiger partial charge in [0.05, 0.1) is 0 Å².